The van der Waals surface area contributed by atoms with Crippen LogP contribution in [-0.4, -0.2) is 42.1 Å². The summed E-state index contributed by atoms with van der Waals surface area (Å²) in [5.41, 5.74) is 1.84. The minimum absolute atomic E-state index is 0.127. The number of benzene rings is 1. The highest BCUT2D eigenvalue weighted by Gasteiger charge is 2.21. The second kappa shape index (κ2) is 9.66. The third kappa shape index (κ3) is 7.24. The van der Waals surface area contributed by atoms with Gasteiger partial charge in [-0.05, 0) is 37.3 Å². The minimum atomic E-state index is -1.09. The number of carbonyl (C=O) groups excluding carboxylic acids is 2. The van der Waals surface area contributed by atoms with E-state index in [1.165, 1.54) is 0 Å². The highest BCUT2D eigenvalue weighted by Crippen LogP contribution is 2.21. The van der Waals surface area contributed by atoms with Crippen LogP contribution in [0.15, 0.2) is 18.2 Å². The molecule has 0 aliphatic heterocycles. The van der Waals surface area contributed by atoms with Gasteiger partial charge in [-0.2, -0.15) is 0 Å². The summed E-state index contributed by atoms with van der Waals surface area (Å²) in [6.45, 7) is 7.00. The first kappa shape index (κ1) is 20.5. The van der Waals surface area contributed by atoms with Crippen LogP contribution in [0.4, 0.5) is 0 Å². The van der Waals surface area contributed by atoms with Crippen LogP contribution in [0, 0.1) is 19.8 Å². The first-order valence-electron chi connectivity index (χ1n) is 8.18. The van der Waals surface area contributed by atoms with Crippen molar-refractivity contribution in [3.8, 4) is 5.75 Å². The Morgan fingerprint density at radius 2 is 1.72 bits per heavy atom. The van der Waals surface area contributed by atoms with Gasteiger partial charge in [-0.3, -0.25) is 9.59 Å². The van der Waals surface area contributed by atoms with Gasteiger partial charge >= 0.3 is 5.97 Å². The molecule has 0 radical (unpaired) electrons. The van der Waals surface area contributed by atoms with Gasteiger partial charge in [0.05, 0.1) is 6.54 Å². The molecule has 0 unspecified atom stereocenters. The molecule has 2 amide bonds. The number of hydrogen-bond acceptors (Lipinski definition) is 4. The van der Waals surface area contributed by atoms with E-state index in [-0.39, 0.29) is 19.1 Å². The molecule has 0 aliphatic carbocycles. The van der Waals surface area contributed by atoms with Crippen molar-refractivity contribution in [3.63, 3.8) is 0 Å². The fraction of sp³-hybridized carbons (Fsp3) is 0.500. The Labute approximate surface area is 147 Å². The predicted molar refractivity (Wildman–Crippen MR) is 93.4 cm³/mol. The Kier molecular flexibility index (Phi) is 7.91. The van der Waals surface area contributed by atoms with Gasteiger partial charge in [0.2, 0.25) is 5.91 Å². The predicted octanol–water partition coefficient (Wildman–Crippen LogP) is 1.41. The largest absolute Gasteiger partial charge is 0.483 e. The maximum absolute atomic E-state index is 11.8. The summed E-state index contributed by atoms with van der Waals surface area (Å²) >= 11 is 0. The molecule has 7 nitrogen and oxygen atoms in total. The molecule has 0 aliphatic rings. The zero-order valence-electron chi connectivity index (χ0n) is 15.1. The number of aryl methyl sites for hydroxylation is 2. The van der Waals surface area contributed by atoms with Crippen molar-refractivity contribution in [1.82, 2.24) is 10.6 Å². The summed E-state index contributed by atoms with van der Waals surface area (Å²) in [7, 11) is 0. The summed E-state index contributed by atoms with van der Waals surface area (Å²) < 4.78 is 5.50. The van der Waals surface area contributed by atoms with Crippen molar-refractivity contribution in [3.05, 3.63) is 29.3 Å². The van der Waals surface area contributed by atoms with E-state index >= 15 is 0 Å². The van der Waals surface area contributed by atoms with Gasteiger partial charge in [-0.25, -0.2) is 4.79 Å². The molecule has 0 bridgehead atoms. The Bertz CT molecular complexity index is 608. The molecular weight excluding hydrogens is 324 g/mol. The lowest BCUT2D eigenvalue weighted by Gasteiger charge is -2.16. The Morgan fingerprint density at radius 3 is 2.24 bits per heavy atom. The standard InChI is InChI=1S/C18H26N2O5/c1-11(2)8-14(18(23)24)20-15(21)9-19-16(22)10-25-17-12(3)6-5-7-13(17)4/h5-7,11,14H,8-10H2,1-4H3,(H,19,22)(H,20,21)(H,23,24)/t14-/m0/s1. The average molecular weight is 350 g/mol. The van der Waals surface area contributed by atoms with Crippen molar-refractivity contribution in [2.75, 3.05) is 13.2 Å². The van der Waals surface area contributed by atoms with E-state index in [0.29, 0.717) is 12.2 Å². The summed E-state index contributed by atoms with van der Waals surface area (Å²) in [6, 6.07) is 4.70. The normalized spacial score (nSPS) is 11.7. The van der Waals surface area contributed by atoms with Crippen LogP contribution in [-0.2, 0) is 14.4 Å². The number of nitrogens with one attached hydrogen (secondary N) is 2. The summed E-state index contributed by atoms with van der Waals surface area (Å²) in [5.74, 6) is -1.32. The lowest BCUT2D eigenvalue weighted by atomic mass is 10.0. The summed E-state index contributed by atoms with van der Waals surface area (Å²) in [5, 5.41) is 13.9. The number of hydrogen-bond donors (Lipinski definition) is 3. The van der Waals surface area contributed by atoms with E-state index in [2.05, 4.69) is 10.6 Å². The first-order chi connectivity index (χ1) is 11.7. The van der Waals surface area contributed by atoms with Crippen LogP contribution in [0.2, 0.25) is 0 Å². The van der Waals surface area contributed by atoms with Gasteiger partial charge < -0.3 is 20.5 Å². The number of carbonyl (C=O) groups is 3. The fourth-order valence-corrected chi connectivity index (χ4v) is 2.33. The summed E-state index contributed by atoms with van der Waals surface area (Å²) in [4.78, 5) is 34.7. The molecule has 1 atom stereocenters. The molecule has 1 aromatic rings. The summed E-state index contributed by atoms with van der Waals surface area (Å²) in [6.07, 6.45) is 0.324. The van der Waals surface area contributed by atoms with Gasteiger partial charge in [-0.1, -0.05) is 32.0 Å². The van der Waals surface area contributed by atoms with E-state index in [1.807, 2.05) is 45.9 Å². The monoisotopic (exact) mass is 350 g/mol. The molecule has 138 valence electrons. The molecular formula is C18H26N2O5. The number of carboxylic acid groups (broad SMARTS) is 1. The van der Waals surface area contributed by atoms with Crippen molar-refractivity contribution < 1.29 is 24.2 Å². The Morgan fingerprint density at radius 1 is 1.12 bits per heavy atom. The lowest BCUT2D eigenvalue weighted by Crippen LogP contribution is -2.46. The van der Waals surface area contributed by atoms with E-state index in [9.17, 15) is 14.4 Å². The van der Waals surface area contributed by atoms with Crippen LogP contribution in [0.5, 0.6) is 5.75 Å². The topological polar surface area (TPSA) is 105 Å². The molecule has 0 heterocycles. The highest BCUT2D eigenvalue weighted by molar-refractivity contribution is 5.88. The molecule has 0 saturated carbocycles. The Balaban J connectivity index is 2.42. The molecule has 0 saturated heterocycles. The van der Waals surface area contributed by atoms with E-state index < -0.39 is 23.8 Å². The van der Waals surface area contributed by atoms with Crippen molar-refractivity contribution in [1.29, 1.82) is 0 Å². The number of aliphatic carboxylic acids is 1. The van der Waals surface area contributed by atoms with Crippen molar-refractivity contribution in [2.45, 2.75) is 40.2 Å². The molecule has 0 spiro atoms. The van der Waals surface area contributed by atoms with Crippen LogP contribution in [0.1, 0.15) is 31.4 Å². The van der Waals surface area contributed by atoms with Gasteiger partial charge in [0, 0.05) is 0 Å². The van der Waals surface area contributed by atoms with Crippen LogP contribution in [0.3, 0.4) is 0 Å². The number of carboxylic acids is 1. The SMILES string of the molecule is Cc1cccc(C)c1OCC(=O)NCC(=O)N[C@@H](CC(C)C)C(=O)O. The first-order valence-corrected chi connectivity index (χ1v) is 8.18. The second-order valence-electron chi connectivity index (χ2n) is 6.37. The Hall–Kier alpha value is -2.57. The molecule has 0 fully saturated rings. The molecule has 25 heavy (non-hydrogen) atoms. The van der Waals surface area contributed by atoms with Gasteiger partial charge in [-0.15, -0.1) is 0 Å². The molecule has 1 aromatic carbocycles. The number of amides is 2. The number of para-hydroxylation sites is 1. The van der Waals surface area contributed by atoms with Crippen molar-refractivity contribution >= 4 is 17.8 Å². The van der Waals surface area contributed by atoms with Crippen LogP contribution < -0.4 is 15.4 Å². The van der Waals surface area contributed by atoms with Gasteiger partial charge in [0.25, 0.3) is 5.91 Å². The smallest absolute Gasteiger partial charge is 0.326 e. The maximum Gasteiger partial charge on any atom is 0.326 e. The van der Waals surface area contributed by atoms with E-state index in [0.717, 1.165) is 11.1 Å². The zero-order valence-corrected chi connectivity index (χ0v) is 15.1. The van der Waals surface area contributed by atoms with E-state index in [1.54, 1.807) is 0 Å². The second-order valence-corrected chi connectivity index (χ2v) is 6.37. The molecule has 1 rings (SSSR count). The van der Waals surface area contributed by atoms with Gasteiger partial charge in [0.15, 0.2) is 6.61 Å². The third-order valence-electron chi connectivity index (χ3n) is 3.54. The number of rotatable bonds is 9. The number of ether oxygens (including phenoxy) is 1. The van der Waals surface area contributed by atoms with Crippen LogP contribution >= 0.6 is 0 Å². The average Bonchev–Trinajstić information content (AvgIpc) is 2.51. The molecule has 0 aromatic heterocycles. The lowest BCUT2D eigenvalue weighted by molar-refractivity contribution is -0.142. The molecule has 7 heteroatoms. The van der Waals surface area contributed by atoms with Gasteiger partial charge in [0.1, 0.15) is 11.8 Å². The van der Waals surface area contributed by atoms with Crippen molar-refractivity contribution in [2.24, 2.45) is 5.92 Å². The van der Waals surface area contributed by atoms with Crippen LogP contribution in [0.25, 0.3) is 0 Å². The highest BCUT2D eigenvalue weighted by atomic mass is 16.5. The van der Waals surface area contributed by atoms with E-state index in [4.69, 9.17) is 9.84 Å². The third-order valence-corrected chi connectivity index (χ3v) is 3.54. The maximum atomic E-state index is 11.8. The zero-order chi connectivity index (χ0) is 19.0. The minimum Gasteiger partial charge on any atom is -0.483 e. The quantitative estimate of drug-likeness (QED) is 0.625. The fourth-order valence-electron chi connectivity index (χ4n) is 2.33. The molecule has 3 N–H and O–H groups in total.